The molecule has 1 aliphatic carbocycles. The first kappa shape index (κ1) is 32.5. The van der Waals surface area contributed by atoms with Crippen molar-refractivity contribution in [3.05, 3.63) is 185 Å². The molecule has 3 aromatic heterocycles. The smallest absolute Gasteiger partial charge is 0.137 e. The second-order valence-electron chi connectivity index (χ2n) is 15.0. The Morgan fingerprint density at radius 2 is 1.26 bits per heavy atom. The summed E-state index contributed by atoms with van der Waals surface area (Å²) in [4.78, 5) is 5.40. The number of hydrogen-bond donors (Lipinski definition) is 2. The standard InChI is InChI=1S/C51H36N4OS/c1-3-15-31(16-4-1)49-52-50(32-17-5-2-6-18-32)54-51(53-49)38-24-13-30-44-45(38)37-23-11-22-36(48(37)57-44)35-21-12-28-42-46(35)47-41(27-14-29-43(47)56-42)55-39-25-9-7-19-33(39)34-20-8-10-26-40(34)55/h1-12,14-23,25-30,49,51,53H,13,24H2,(H,52,54). The third kappa shape index (κ3) is 5.08. The van der Waals surface area contributed by atoms with Crippen molar-refractivity contribution < 1.29 is 4.42 Å². The van der Waals surface area contributed by atoms with Gasteiger partial charge in [-0.2, -0.15) is 0 Å². The zero-order chi connectivity index (χ0) is 37.5. The van der Waals surface area contributed by atoms with Gasteiger partial charge < -0.3 is 14.3 Å². The molecular formula is C51H36N4OS. The van der Waals surface area contributed by atoms with Crippen molar-refractivity contribution in [1.82, 2.24) is 15.2 Å². The lowest BCUT2D eigenvalue weighted by Gasteiger charge is -2.33. The van der Waals surface area contributed by atoms with E-state index in [-0.39, 0.29) is 12.3 Å². The van der Waals surface area contributed by atoms with E-state index in [9.17, 15) is 0 Å². The van der Waals surface area contributed by atoms with Gasteiger partial charge in [0.05, 0.1) is 22.1 Å². The van der Waals surface area contributed by atoms with Gasteiger partial charge in [0.25, 0.3) is 0 Å². The maximum absolute atomic E-state index is 6.71. The highest BCUT2D eigenvalue weighted by Gasteiger charge is 2.29. The summed E-state index contributed by atoms with van der Waals surface area (Å²) in [5, 5.41) is 15.0. The number of nitrogens with zero attached hydrogens (tertiary/aromatic N) is 2. The molecule has 0 amide bonds. The largest absolute Gasteiger partial charge is 0.456 e. The van der Waals surface area contributed by atoms with Crippen LogP contribution in [0, 0.1) is 0 Å². The summed E-state index contributed by atoms with van der Waals surface area (Å²) in [6, 6.07) is 58.4. The van der Waals surface area contributed by atoms with Crippen LogP contribution in [-0.2, 0) is 0 Å². The predicted octanol–water partition coefficient (Wildman–Crippen LogP) is 11.0. The minimum Gasteiger partial charge on any atom is -0.456 e. The topological polar surface area (TPSA) is 54.5 Å². The summed E-state index contributed by atoms with van der Waals surface area (Å²) >= 11 is 1.90. The molecule has 57 heavy (non-hydrogen) atoms. The first-order chi connectivity index (χ1) is 28.3. The summed E-state index contributed by atoms with van der Waals surface area (Å²) in [6.07, 6.45) is 4.08. The fourth-order valence-electron chi connectivity index (χ4n) is 9.32. The van der Waals surface area contributed by atoms with Gasteiger partial charge >= 0.3 is 0 Å². The molecule has 10 aromatic rings. The first-order valence-electron chi connectivity index (χ1n) is 19.7. The van der Waals surface area contributed by atoms with Crippen molar-refractivity contribution in [2.45, 2.75) is 25.2 Å². The highest BCUT2D eigenvalue weighted by Crippen LogP contribution is 2.43. The summed E-state index contributed by atoms with van der Waals surface area (Å²) in [7, 11) is 0. The lowest BCUT2D eigenvalue weighted by molar-refractivity contribution is 0.444. The highest BCUT2D eigenvalue weighted by molar-refractivity contribution is 7.17. The Morgan fingerprint density at radius 1 is 0.614 bits per heavy atom. The van der Waals surface area contributed by atoms with E-state index in [4.69, 9.17) is 9.41 Å². The maximum atomic E-state index is 6.71. The van der Waals surface area contributed by atoms with Crippen molar-refractivity contribution in [2.75, 3.05) is 0 Å². The van der Waals surface area contributed by atoms with Crippen LogP contribution in [0.25, 0.3) is 82.3 Å². The third-order valence-corrected chi connectivity index (χ3v) is 13.0. The number of furan rings is 1. The van der Waals surface area contributed by atoms with Gasteiger partial charge in [0.1, 0.15) is 29.3 Å². The molecule has 272 valence electrons. The first-order valence-corrected chi connectivity index (χ1v) is 20.5. The summed E-state index contributed by atoms with van der Waals surface area (Å²) in [6.45, 7) is 0. The Bertz CT molecular complexity index is 3320. The van der Waals surface area contributed by atoms with Gasteiger partial charge in [0, 0.05) is 47.1 Å². The molecule has 2 unspecified atom stereocenters. The molecule has 2 atom stereocenters. The van der Waals surface area contributed by atoms with Crippen LogP contribution < -0.4 is 20.4 Å². The van der Waals surface area contributed by atoms with E-state index in [0.717, 1.165) is 51.9 Å². The van der Waals surface area contributed by atoms with Crippen LogP contribution >= 0.6 is 11.3 Å². The molecule has 0 saturated heterocycles. The predicted molar refractivity (Wildman–Crippen MR) is 237 cm³/mol. The van der Waals surface area contributed by atoms with E-state index in [1.54, 1.807) is 0 Å². The Kier molecular flexibility index (Phi) is 7.37. The minimum absolute atomic E-state index is 0.0815. The molecule has 7 aromatic carbocycles. The fraction of sp³-hybridized carbons (Fsp3) is 0.0784. The van der Waals surface area contributed by atoms with Crippen LogP contribution in [-0.4, -0.2) is 16.6 Å². The number of fused-ring (bicyclic) bond motifs is 9. The van der Waals surface area contributed by atoms with E-state index in [2.05, 4.69) is 185 Å². The quantitative estimate of drug-likeness (QED) is 0.184. The van der Waals surface area contributed by atoms with E-state index < -0.39 is 0 Å². The van der Waals surface area contributed by atoms with Gasteiger partial charge in [-0.25, -0.2) is 4.99 Å². The van der Waals surface area contributed by atoms with Gasteiger partial charge in [0.2, 0.25) is 0 Å². The molecule has 5 nitrogen and oxygen atoms in total. The van der Waals surface area contributed by atoms with Gasteiger partial charge in [-0.1, -0.05) is 140 Å². The second-order valence-corrected chi connectivity index (χ2v) is 16.0. The Balaban J connectivity index is 1.08. The summed E-state index contributed by atoms with van der Waals surface area (Å²) < 4.78 is 11.7. The van der Waals surface area contributed by atoms with E-state index >= 15 is 0 Å². The molecule has 0 bridgehead atoms. The molecule has 6 heteroatoms. The number of para-hydroxylation sites is 2. The van der Waals surface area contributed by atoms with Gasteiger partial charge in [-0.3, -0.25) is 5.32 Å². The van der Waals surface area contributed by atoms with Crippen LogP contribution in [0.5, 0.6) is 0 Å². The molecule has 0 fully saturated rings. The monoisotopic (exact) mass is 752 g/mol. The van der Waals surface area contributed by atoms with Crippen molar-refractivity contribution >= 4 is 82.7 Å². The third-order valence-electron chi connectivity index (χ3n) is 11.8. The van der Waals surface area contributed by atoms with Gasteiger partial charge in [-0.05, 0) is 59.9 Å². The molecule has 0 spiro atoms. The van der Waals surface area contributed by atoms with Gasteiger partial charge in [0.15, 0.2) is 0 Å². The average molecular weight is 753 g/mol. The number of aromatic nitrogens is 1. The normalized spacial score (nSPS) is 16.9. The van der Waals surface area contributed by atoms with Crippen LogP contribution in [0.15, 0.2) is 173 Å². The molecule has 0 radical (unpaired) electrons. The molecule has 2 aliphatic rings. The van der Waals surface area contributed by atoms with E-state index in [0.29, 0.717) is 0 Å². The number of hydrogen-bond acceptors (Lipinski definition) is 5. The van der Waals surface area contributed by atoms with Crippen LogP contribution in [0.3, 0.4) is 0 Å². The molecule has 12 rings (SSSR count). The van der Waals surface area contributed by atoms with Crippen LogP contribution in [0.1, 0.15) is 30.1 Å². The van der Waals surface area contributed by atoms with Crippen molar-refractivity contribution in [3.8, 4) is 16.8 Å². The van der Waals surface area contributed by atoms with E-state index in [1.165, 1.54) is 63.9 Å². The SMILES string of the molecule is C1=c2sc3c(-c4cccc5oc6cccc(-n7c8ccccc8c8ccccc87)c6c45)cccc3c2=C(C2N=C(c3ccccc3)NC(c3ccccc3)N2)CC1. The number of thiophene rings is 1. The number of nitrogens with one attached hydrogen (secondary N) is 2. The number of amidine groups is 1. The number of rotatable bonds is 5. The van der Waals surface area contributed by atoms with Crippen LogP contribution in [0.2, 0.25) is 0 Å². The summed E-state index contributed by atoms with van der Waals surface area (Å²) in [5.41, 5.74) is 11.3. The minimum atomic E-state index is -0.185. The molecule has 1 aliphatic heterocycles. The van der Waals surface area contributed by atoms with Gasteiger partial charge in [-0.15, -0.1) is 11.3 Å². The lowest BCUT2D eigenvalue weighted by Crippen LogP contribution is -2.50. The van der Waals surface area contributed by atoms with Crippen molar-refractivity contribution in [2.24, 2.45) is 4.99 Å². The highest BCUT2D eigenvalue weighted by atomic mass is 32.1. The maximum Gasteiger partial charge on any atom is 0.137 e. The molecular weight excluding hydrogens is 717 g/mol. The van der Waals surface area contributed by atoms with Crippen molar-refractivity contribution in [3.63, 3.8) is 0 Å². The Hall–Kier alpha value is -6.73. The average Bonchev–Trinajstić information content (AvgIpc) is 3.97. The van der Waals surface area contributed by atoms with Crippen LogP contribution in [0.4, 0.5) is 0 Å². The Labute approximate surface area is 332 Å². The zero-order valence-electron chi connectivity index (χ0n) is 30.9. The molecule has 4 heterocycles. The lowest BCUT2D eigenvalue weighted by atomic mass is 9.95. The number of aliphatic imine (C=N–C) groups is 1. The zero-order valence-corrected chi connectivity index (χ0v) is 31.8. The Morgan fingerprint density at radius 3 is 2.05 bits per heavy atom. The second kappa shape index (κ2) is 12.9. The molecule has 0 saturated carbocycles. The molecule has 2 N–H and O–H groups in total. The fourth-order valence-corrected chi connectivity index (χ4v) is 10.7. The summed E-state index contributed by atoms with van der Waals surface area (Å²) in [5.74, 6) is 0.912. The van der Waals surface area contributed by atoms with E-state index in [1.807, 2.05) is 11.3 Å². The van der Waals surface area contributed by atoms with Crippen molar-refractivity contribution in [1.29, 1.82) is 0 Å². The number of benzene rings is 7.